The molecule has 94 valence electrons. The minimum atomic E-state index is -5.62. The summed E-state index contributed by atoms with van der Waals surface area (Å²) in [6, 6.07) is -0.885. The second-order valence-corrected chi connectivity index (χ2v) is 4.01. The van der Waals surface area contributed by atoms with Gasteiger partial charge < -0.3 is 5.73 Å². The lowest BCUT2D eigenvalue weighted by atomic mass is 10.1. The van der Waals surface area contributed by atoms with Gasteiger partial charge >= 0.3 is 12.1 Å². The van der Waals surface area contributed by atoms with Gasteiger partial charge in [-0.05, 0) is 23.9 Å². The fourth-order valence-corrected chi connectivity index (χ4v) is 2.01. The Kier molecular flexibility index (Phi) is 4.73. The molecule has 0 bridgehead atoms. The van der Waals surface area contributed by atoms with Crippen molar-refractivity contribution in [2.45, 2.75) is 25.1 Å². The van der Waals surface area contributed by atoms with Crippen LogP contribution in [0.15, 0.2) is 11.4 Å². The normalized spacial score (nSPS) is 14.4. The van der Waals surface area contributed by atoms with Crippen LogP contribution in [0.4, 0.5) is 22.0 Å². The summed E-state index contributed by atoms with van der Waals surface area (Å²) in [6.07, 6.45) is -5.62. The molecule has 0 aromatic carbocycles. The first-order valence-corrected chi connectivity index (χ1v) is 4.80. The van der Waals surface area contributed by atoms with Crippen LogP contribution >= 0.6 is 23.7 Å². The quantitative estimate of drug-likeness (QED) is 0.822. The number of thiophene rings is 1. The summed E-state index contributed by atoms with van der Waals surface area (Å²) in [5.41, 5.74) is 5.29. The molecule has 8 heteroatoms. The Labute approximate surface area is 98.9 Å². The van der Waals surface area contributed by atoms with Gasteiger partial charge in [0.05, 0.1) is 0 Å². The summed E-state index contributed by atoms with van der Waals surface area (Å²) in [5.74, 6) is -4.90. The average molecular weight is 282 g/mol. The number of hydrogen-bond acceptors (Lipinski definition) is 2. The van der Waals surface area contributed by atoms with Crippen LogP contribution < -0.4 is 5.73 Å². The van der Waals surface area contributed by atoms with E-state index >= 15 is 0 Å². The van der Waals surface area contributed by atoms with Gasteiger partial charge in [0.1, 0.15) is 6.04 Å². The molecule has 1 heterocycles. The average Bonchev–Trinajstić information content (AvgIpc) is 2.48. The van der Waals surface area contributed by atoms with Crippen LogP contribution in [0.3, 0.4) is 0 Å². The maximum Gasteiger partial charge on any atom is 0.455 e. The van der Waals surface area contributed by atoms with Crippen molar-refractivity contribution in [2.75, 3.05) is 0 Å². The zero-order valence-electron chi connectivity index (χ0n) is 8.02. The molecule has 0 aliphatic carbocycles. The Morgan fingerprint density at radius 1 is 1.25 bits per heavy atom. The molecule has 0 spiro atoms. The second-order valence-electron chi connectivity index (χ2n) is 3.07. The fourth-order valence-electron chi connectivity index (χ4n) is 1.04. The minimum Gasteiger partial charge on any atom is -0.318 e. The first kappa shape index (κ1) is 15.6. The minimum absolute atomic E-state index is 0. The summed E-state index contributed by atoms with van der Waals surface area (Å²) in [4.78, 5) is -0.141. The van der Waals surface area contributed by atoms with Gasteiger partial charge in [0.2, 0.25) is 0 Å². The first-order valence-electron chi connectivity index (χ1n) is 3.92. The molecule has 16 heavy (non-hydrogen) atoms. The first-order chi connectivity index (χ1) is 6.68. The van der Waals surface area contributed by atoms with Crippen LogP contribution in [-0.4, -0.2) is 12.1 Å². The molecule has 0 unspecified atom stereocenters. The molecule has 0 aliphatic heterocycles. The maximum absolute atomic E-state index is 12.8. The van der Waals surface area contributed by atoms with Gasteiger partial charge in [-0.25, -0.2) is 0 Å². The van der Waals surface area contributed by atoms with Crippen molar-refractivity contribution in [2.24, 2.45) is 5.73 Å². The van der Waals surface area contributed by atoms with E-state index in [9.17, 15) is 22.0 Å². The molecule has 1 atom stereocenters. The Morgan fingerprint density at radius 3 is 2.06 bits per heavy atom. The lowest BCUT2D eigenvalue weighted by Crippen LogP contribution is -2.45. The predicted octanol–water partition coefficient (Wildman–Crippen LogP) is 3.68. The topological polar surface area (TPSA) is 26.0 Å². The van der Waals surface area contributed by atoms with Gasteiger partial charge in [-0.2, -0.15) is 22.0 Å². The van der Waals surface area contributed by atoms with E-state index in [4.69, 9.17) is 5.73 Å². The zero-order valence-corrected chi connectivity index (χ0v) is 9.65. The van der Waals surface area contributed by atoms with Crippen LogP contribution in [0.25, 0.3) is 0 Å². The molecule has 1 nitrogen and oxygen atoms in total. The Balaban J connectivity index is 0.00000225. The molecule has 1 aromatic rings. The van der Waals surface area contributed by atoms with E-state index in [-0.39, 0.29) is 17.3 Å². The van der Waals surface area contributed by atoms with Crippen LogP contribution in [-0.2, 0) is 0 Å². The summed E-state index contributed by atoms with van der Waals surface area (Å²) < 4.78 is 61.6. The Bertz CT molecular complexity index is 348. The largest absolute Gasteiger partial charge is 0.455 e. The second kappa shape index (κ2) is 4.85. The molecular weight excluding hydrogens is 273 g/mol. The van der Waals surface area contributed by atoms with Gasteiger partial charge in [0, 0.05) is 4.88 Å². The number of aryl methyl sites for hydroxylation is 1. The van der Waals surface area contributed by atoms with Crippen LogP contribution in [0.1, 0.15) is 16.5 Å². The van der Waals surface area contributed by atoms with Crippen molar-refractivity contribution in [3.63, 3.8) is 0 Å². The smallest absolute Gasteiger partial charge is 0.318 e. The molecule has 1 aromatic heterocycles. The van der Waals surface area contributed by atoms with E-state index in [1.54, 1.807) is 0 Å². The van der Waals surface area contributed by atoms with Crippen LogP contribution in [0.5, 0.6) is 0 Å². The van der Waals surface area contributed by atoms with E-state index in [1.165, 1.54) is 18.4 Å². The van der Waals surface area contributed by atoms with Gasteiger partial charge in [-0.1, -0.05) is 0 Å². The lowest BCUT2D eigenvalue weighted by molar-refractivity contribution is -0.290. The lowest BCUT2D eigenvalue weighted by Gasteiger charge is -2.25. The highest BCUT2D eigenvalue weighted by molar-refractivity contribution is 7.10. The van der Waals surface area contributed by atoms with Crippen molar-refractivity contribution in [3.8, 4) is 0 Å². The monoisotopic (exact) mass is 281 g/mol. The molecular formula is C8H9ClF5NS. The summed E-state index contributed by atoms with van der Waals surface area (Å²) in [5, 5.41) is 1.43. The molecule has 0 amide bonds. The maximum atomic E-state index is 12.8. The third-order valence-corrected chi connectivity index (χ3v) is 3.05. The summed E-state index contributed by atoms with van der Waals surface area (Å²) >= 11 is 0.796. The highest BCUT2D eigenvalue weighted by Crippen LogP contribution is 2.44. The van der Waals surface area contributed by atoms with Crippen molar-refractivity contribution < 1.29 is 22.0 Å². The standard InChI is InChI=1S/C8H8F5NS.ClH/c1-4-2-3-15-5(4)6(14)7(9,10)8(11,12)13;/h2-3,6H,14H2,1H3;1H/t6-;/m1./s1. The van der Waals surface area contributed by atoms with Gasteiger partial charge in [0.25, 0.3) is 0 Å². The predicted molar refractivity (Wildman–Crippen MR) is 54.2 cm³/mol. The van der Waals surface area contributed by atoms with Crippen molar-refractivity contribution in [1.82, 2.24) is 0 Å². The molecule has 0 radical (unpaired) electrons. The molecule has 2 N–H and O–H groups in total. The van der Waals surface area contributed by atoms with E-state index in [0.717, 1.165) is 11.3 Å². The number of halogens is 6. The number of alkyl halides is 5. The summed E-state index contributed by atoms with van der Waals surface area (Å²) in [7, 11) is 0. The number of hydrogen-bond donors (Lipinski definition) is 1. The SMILES string of the molecule is Cc1ccsc1[C@@H](N)C(F)(F)C(F)(F)F.Cl. The molecule has 1 rings (SSSR count). The molecule has 0 fully saturated rings. The van der Waals surface area contributed by atoms with E-state index in [0.29, 0.717) is 5.56 Å². The van der Waals surface area contributed by atoms with E-state index in [1.807, 2.05) is 0 Å². The van der Waals surface area contributed by atoms with Gasteiger partial charge in [0.15, 0.2) is 0 Å². The molecule has 0 aliphatic rings. The molecule has 0 saturated heterocycles. The number of nitrogens with two attached hydrogens (primary N) is 1. The van der Waals surface area contributed by atoms with Crippen molar-refractivity contribution >= 4 is 23.7 Å². The van der Waals surface area contributed by atoms with E-state index < -0.39 is 18.1 Å². The summed E-state index contributed by atoms with van der Waals surface area (Å²) in [6.45, 7) is 1.44. The van der Waals surface area contributed by atoms with Gasteiger partial charge in [-0.15, -0.1) is 23.7 Å². The van der Waals surface area contributed by atoms with Crippen molar-refractivity contribution in [3.05, 3.63) is 21.9 Å². The fraction of sp³-hybridized carbons (Fsp3) is 0.500. The Morgan fingerprint density at radius 2 is 1.75 bits per heavy atom. The number of rotatable bonds is 2. The van der Waals surface area contributed by atoms with Crippen LogP contribution in [0, 0.1) is 6.92 Å². The highest BCUT2D eigenvalue weighted by Gasteiger charge is 2.62. The molecule has 0 saturated carbocycles. The van der Waals surface area contributed by atoms with E-state index in [2.05, 4.69) is 0 Å². The zero-order chi connectivity index (χ0) is 11.9. The van der Waals surface area contributed by atoms with Gasteiger partial charge in [-0.3, -0.25) is 0 Å². The third-order valence-electron chi connectivity index (χ3n) is 1.95. The highest BCUT2D eigenvalue weighted by atomic mass is 35.5. The van der Waals surface area contributed by atoms with Crippen LogP contribution in [0.2, 0.25) is 0 Å². The third kappa shape index (κ3) is 2.64. The Hall–Kier alpha value is -0.400. The van der Waals surface area contributed by atoms with Crippen molar-refractivity contribution in [1.29, 1.82) is 0 Å².